The predicted octanol–water partition coefficient (Wildman–Crippen LogP) is 10.5. The first-order valence-electron chi connectivity index (χ1n) is 18.2. The van der Waals surface area contributed by atoms with Gasteiger partial charge < -0.3 is 28.4 Å². The van der Waals surface area contributed by atoms with Crippen molar-refractivity contribution in [3.63, 3.8) is 0 Å². The van der Waals surface area contributed by atoms with Crippen LogP contribution in [-0.4, -0.2) is 54.9 Å². The second kappa shape index (κ2) is 21.2. The van der Waals surface area contributed by atoms with Crippen LogP contribution in [0, 0.1) is 0 Å². The maximum Gasteiger partial charge on any atom is 0.350 e. The maximum atomic E-state index is 12.4. The van der Waals surface area contributed by atoms with E-state index in [0.717, 1.165) is 45.0 Å². The third kappa shape index (κ3) is 12.5. The molecule has 0 aliphatic rings. The van der Waals surface area contributed by atoms with Gasteiger partial charge in [0.2, 0.25) is 0 Å². The molecule has 11 heteroatoms. The van der Waals surface area contributed by atoms with Crippen LogP contribution in [-0.2, 0) is 16.0 Å². The van der Waals surface area contributed by atoms with E-state index in [1.807, 2.05) is 64.2 Å². The predicted molar refractivity (Wildman–Crippen MR) is 220 cm³/mol. The summed E-state index contributed by atoms with van der Waals surface area (Å²) in [4.78, 5) is 29.1. The first-order valence-corrected chi connectivity index (χ1v) is 18.6. The Hall–Kier alpha value is -4.99. The van der Waals surface area contributed by atoms with Crippen molar-refractivity contribution in [3.05, 3.63) is 119 Å². The van der Waals surface area contributed by atoms with Crippen molar-refractivity contribution in [2.24, 2.45) is 0 Å². The number of carbonyl (C=O) groups is 2. The molecule has 0 N–H and O–H groups in total. The van der Waals surface area contributed by atoms with E-state index in [9.17, 15) is 9.59 Å². The van der Waals surface area contributed by atoms with Crippen molar-refractivity contribution in [1.82, 2.24) is 4.98 Å². The molecule has 4 aromatic carbocycles. The van der Waals surface area contributed by atoms with Crippen LogP contribution in [0.15, 0.2) is 91.1 Å². The number of pyridine rings is 1. The number of ketones is 1. The number of benzene rings is 4. The van der Waals surface area contributed by atoms with Gasteiger partial charge in [-0.15, -0.1) is 12.4 Å². The molecule has 0 unspecified atom stereocenters. The number of carbonyl (C=O) groups excluding carboxylic acids is 2. The van der Waals surface area contributed by atoms with Crippen molar-refractivity contribution in [2.45, 2.75) is 73.5 Å². The molecule has 1 aromatic heterocycles. The van der Waals surface area contributed by atoms with Crippen molar-refractivity contribution in [1.29, 1.82) is 0 Å². The molecule has 0 saturated heterocycles. The molecule has 0 atom stereocenters. The number of rotatable bonds is 16. The minimum absolute atomic E-state index is 0. The summed E-state index contributed by atoms with van der Waals surface area (Å²) in [7, 11) is 0. The van der Waals surface area contributed by atoms with Crippen LogP contribution >= 0.6 is 24.0 Å². The van der Waals surface area contributed by atoms with Gasteiger partial charge in [0.05, 0.1) is 38.2 Å². The van der Waals surface area contributed by atoms with E-state index < -0.39 is 11.6 Å². The summed E-state index contributed by atoms with van der Waals surface area (Å²) >= 11 is 5.84. The lowest BCUT2D eigenvalue weighted by molar-refractivity contribution is -0.163. The fourth-order valence-electron chi connectivity index (χ4n) is 5.45. The average molecular weight is 793 g/mol. The summed E-state index contributed by atoms with van der Waals surface area (Å²) in [6, 6.07) is 25.5. The lowest BCUT2D eigenvalue weighted by atomic mass is 10.0. The molecule has 0 radical (unpaired) electrons. The van der Waals surface area contributed by atoms with Gasteiger partial charge in [-0.3, -0.25) is 9.78 Å². The molecule has 0 saturated carbocycles. The summed E-state index contributed by atoms with van der Waals surface area (Å²) in [5.74, 6) is 2.98. The highest BCUT2D eigenvalue weighted by Gasteiger charge is 2.32. The highest BCUT2D eigenvalue weighted by Crippen LogP contribution is 2.35. The van der Waals surface area contributed by atoms with Gasteiger partial charge in [-0.05, 0) is 145 Å². The number of ether oxygens (including phenoxy) is 6. The van der Waals surface area contributed by atoms with Crippen molar-refractivity contribution in [3.8, 4) is 28.7 Å². The Morgan fingerprint density at radius 3 is 1.78 bits per heavy atom. The SMILES string of the molecule is CC(C)OC(=O)C(C)(C)Oc1ccc(C(=O)c2ccc(Cl)cc2)cc1.CCOc1ccc(Cc2nccc3cc(OCC)c(OCC)cc23)cc1OCC.Cl. The minimum atomic E-state index is -1.12. The zero-order chi connectivity index (χ0) is 39.3. The number of aromatic nitrogens is 1. The van der Waals surface area contributed by atoms with Crippen LogP contribution in [0.2, 0.25) is 5.02 Å². The first-order chi connectivity index (χ1) is 25.9. The van der Waals surface area contributed by atoms with Gasteiger partial charge in [-0.25, -0.2) is 4.79 Å². The molecule has 0 bridgehead atoms. The number of fused-ring (bicyclic) bond motifs is 1. The number of nitrogens with zero attached hydrogens (tertiary/aromatic N) is 1. The molecule has 0 amide bonds. The van der Waals surface area contributed by atoms with Crippen LogP contribution in [0.3, 0.4) is 0 Å². The molecule has 0 aliphatic carbocycles. The zero-order valence-corrected chi connectivity index (χ0v) is 34.3. The van der Waals surface area contributed by atoms with Crippen LogP contribution < -0.4 is 23.7 Å². The van der Waals surface area contributed by atoms with Gasteiger partial charge in [0.25, 0.3) is 0 Å². The lowest BCUT2D eigenvalue weighted by Crippen LogP contribution is -2.40. The van der Waals surface area contributed by atoms with Crippen molar-refractivity contribution in [2.75, 3.05) is 26.4 Å². The van der Waals surface area contributed by atoms with Crippen LogP contribution in [0.4, 0.5) is 0 Å². The smallest absolute Gasteiger partial charge is 0.350 e. The molecule has 5 aromatic rings. The summed E-state index contributed by atoms with van der Waals surface area (Å²) in [6.45, 7) is 17.1. The average Bonchev–Trinajstić information content (AvgIpc) is 3.14. The Bertz CT molecular complexity index is 2000. The van der Waals surface area contributed by atoms with E-state index in [2.05, 4.69) is 11.1 Å². The summed E-state index contributed by atoms with van der Waals surface area (Å²) in [5, 5.41) is 2.72. The van der Waals surface area contributed by atoms with Gasteiger partial charge >= 0.3 is 5.97 Å². The van der Waals surface area contributed by atoms with Crippen LogP contribution in [0.5, 0.6) is 28.7 Å². The van der Waals surface area contributed by atoms with Crippen molar-refractivity contribution < 1.29 is 38.0 Å². The fraction of sp³-hybridized carbons (Fsp3) is 0.341. The molecule has 1 heterocycles. The van der Waals surface area contributed by atoms with Gasteiger partial charge in [0, 0.05) is 34.2 Å². The Balaban J connectivity index is 0.000000293. The molecule has 0 spiro atoms. The van der Waals surface area contributed by atoms with Gasteiger partial charge in [-0.2, -0.15) is 0 Å². The third-order valence-corrected chi connectivity index (χ3v) is 8.17. The van der Waals surface area contributed by atoms with Gasteiger partial charge in [-0.1, -0.05) is 17.7 Å². The van der Waals surface area contributed by atoms with E-state index in [1.54, 1.807) is 76.2 Å². The highest BCUT2D eigenvalue weighted by molar-refractivity contribution is 6.30. The summed E-state index contributed by atoms with van der Waals surface area (Å²) < 4.78 is 33.9. The maximum absolute atomic E-state index is 12.4. The third-order valence-electron chi connectivity index (χ3n) is 7.92. The minimum Gasteiger partial charge on any atom is -0.490 e. The van der Waals surface area contributed by atoms with E-state index in [0.29, 0.717) is 54.7 Å². The van der Waals surface area contributed by atoms with E-state index in [4.69, 9.17) is 40.0 Å². The molecule has 5 rings (SSSR count). The second-order valence-electron chi connectivity index (χ2n) is 12.9. The zero-order valence-electron chi connectivity index (χ0n) is 32.8. The largest absolute Gasteiger partial charge is 0.490 e. The van der Waals surface area contributed by atoms with Crippen LogP contribution in [0.1, 0.15) is 82.6 Å². The Kier molecular flexibility index (Phi) is 17.1. The molecular formula is C44H51Cl2NO8. The normalized spacial score (nSPS) is 10.8. The monoisotopic (exact) mass is 791 g/mol. The van der Waals surface area contributed by atoms with Crippen LogP contribution in [0.25, 0.3) is 10.8 Å². The number of hydrogen-bond acceptors (Lipinski definition) is 9. The summed E-state index contributed by atoms with van der Waals surface area (Å²) in [5.41, 5.74) is 2.06. The number of hydrogen-bond donors (Lipinski definition) is 0. The van der Waals surface area contributed by atoms with Crippen molar-refractivity contribution >= 4 is 46.5 Å². The lowest BCUT2D eigenvalue weighted by Gasteiger charge is -2.25. The standard InChI is InChI=1S/C24H29NO4.C20H21ClO4.ClH/c1-5-26-21-10-9-17(14-22(21)27-6-2)13-20-19-16-24(29-8-4)23(28-7-3)15-18(19)11-12-25-20;1-13(2)24-19(23)20(3,4)25-17-11-7-15(8-12-17)18(22)14-5-9-16(21)10-6-14;/h9-12,14-16H,5-8,13H2,1-4H3;5-13H,1-4H3;1H. The topological polar surface area (TPSA) is 102 Å². The fourth-order valence-corrected chi connectivity index (χ4v) is 5.58. The van der Waals surface area contributed by atoms with E-state index in [1.165, 1.54) is 0 Å². The molecule has 0 fully saturated rings. The Morgan fingerprint density at radius 1 is 0.691 bits per heavy atom. The summed E-state index contributed by atoms with van der Waals surface area (Å²) in [6.07, 6.45) is 2.31. The Morgan fingerprint density at radius 2 is 1.22 bits per heavy atom. The van der Waals surface area contributed by atoms with Gasteiger partial charge in [0.1, 0.15) is 5.75 Å². The molecular weight excluding hydrogens is 741 g/mol. The Labute approximate surface area is 335 Å². The van der Waals surface area contributed by atoms with E-state index in [-0.39, 0.29) is 24.3 Å². The quantitative estimate of drug-likeness (QED) is 0.0714. The number of halogens is 2. The van der Waals surface area contributed by atoms with E-state index >= 15 is 0 Å². The molecule has 9 nitrogen and oxygen atoms in total. The molecule has 294 valence electrons. The molecule has 55 heavy (non-hydrogen) atoms. The van der Waals surface area contributed by atoms with Gasteiger partial charge in [0.15, 0.2) is 34.4 Å². The molecule has 0 aliphatic heterocycles. The second-order valence-corrected chi connectivity index (χ2v) is 13.3. The number of esters is 1. The highest BCUT2D eigenvalue weighted by atomic mass is 35.5. The first kappa shape index (κ1) is 44.4.